The molecule has 0 saturated heterocycles. The van der Waals surface area contributed by atoms with Gasteiger partial charge in [0.25, 0.3) is 6.43 Å². The van der Waals surface area contributed by atoms with Crippen LogP contribution in [0.25, 0.3) is 0 Å². The van der Waals surface area contributed by atoms with E-state index in [-0.39, 0.29) is 15.6 Å². The topological polar surface area (TPSA) is 26.0 Å². The van der Waals surface area contributed by atoms with E-state index < -0.39 is 12.5 Å². The van der Waals surface area contributed by atoms with Gasteiger partial charge in [-0.2, -0.15) is 0 Å². The summed E-state index contributed by atoms with van der Waals surface area (Å²) in [6.45, 7) is 0. The Morgan fingerprint density at radius 2 is 1.85 bits per heavy atom. The second-order valence-electron chi connectivity index (χ2n) is 2.50. The molecule has 0 aliphatic carbocycles. The molecule has 0 unspecified atom stereocenters. The van der Waals surface area contributed by atoms with E-state index in [1.165, 1.54) is 18.2 Å². The van der Waals surface area contributed by atoms with Crippen LogP contribution in [0, 0.1) is 0 Å². The van der Waals surface area contributed by atoms with Crippen molar-refractivity contribution in [2.24, 2.45) is 5.73 Å². The second-order valence-corrected chi connectivity index (χ2v) is 3.29. The van der Waals surface area contributed by atoms with Gasteiger partial charge in [-0.15, -0.1) is 0 Å². The summed E-state index contributed by atoms with van der Waals surface area (Å²) in [6, 6.07) is 3.11. The third-order valence-corrected chi connectivity index (χ3v) is 2.45. The van der Waals surface area contributed by atoms with Gasteiger partial charge in [0.15, 0.2) is 0 Å². The van der Waals surface area contributed by atoms with Crippen molar-refractivity contribution < 1.29 is 8.78 Å². The molecule has 1 aromatic rings. The van der Waals surface area contributed by atoms with Gasteiger partial charge in [0.2, 0.25) is 0 Å². The normalized spacial score (nSPS) is 13.4. The molecule has 0 amide bonds. The maximum absolute atomic E-state index is 12.2. The molecule has 0 radical (unpaired) electrons. The molecule has 0 bridgehead atoms. The lowest BCUT2D eigenvalue weighted by atomic mass is 10.1. The predicted molar refractivity (Wildman–Crippen MR) is 49.4 cm³/mol. The van der Waals surface area contributed by atoms with E-state index >= 15 is 0 Å². The molecule has 0 aromatic heterocycles. The van der Waals surface area contributed by atoms with Gasteiger partial charge in [-0.25, -0.2) is 8.78 Å². The van der Waals surface area contributed by atoms with Crippen molar-refractivity contribution in [1.82, 2.24) is 0 Å². The summed E-state index contributed by atoms with van der Waals surface area (Å²) in [5.74, 6) is 0. The fourth-order valence-electron chi connectivity index (χ4n) is 0.914. The van der Waals surface area contributed by atoms with Crippen molar-refractivity contribution in [1.29, 1.82) is 0 Å². The Labute approximate surface area is 84.4 Å². The minimum atomic E-state index is -2.64. The van der Waals surface area contributed by atoms with Gasteiger partial charge >= 0.3 is 0 Å². The smallest absolute Gasteiger partial charge is 0.257 e. The third kappa shape index (κ3) is 2.30. The van der Waals surface area contributed by atoms with Crippen molar-refractivity contribution in [2.75, 3.05) is 0 Å². The average Bonchev–Trinajstić information content (AvgIpc) is 2.08. The Kier molecular flexibility index (Phi) is 3.47. The van der Waals surface area contributed by atoms with Crippen LogP contribution >= 0.6 is 23.2 Å². The lowest BCUT2D eigenvalue weighted by Gasteiger charge is -2.12. The summed E-state index contributed by atoms with van der Waals surface area (Å²) in [5, 5.41) is 0.326. The van der Waals surface area contributed by atoms with Crippen LogP contribution in [0.1, 0.15) is 11.6 Å². The van der Waals surface area contributed by atoms with Crippen LogP contribution in [-0.4, -0.2) is 6.43 Å². The molecule has 1 rings (SSSR count). The number of benzene rings is 1. The molecular weight excluding hydrogens is 219 g/mol. The van der Waals surface area contributed by atoms with Gasteiger partial charge in [-0.3, -0.25) is 0 Å². The highest BCUT2D eigenvalue weighted by molar-refractivity contribution is 6.42. The molecule has 0 saturated carbocycles. The van der Waals surface area contributed by atoms with Gasteiger partial charge in [0.05, 0.1) is 16.1 Å². The van der Waals surface area contributed by atoms with E-state index in [0.717, 1.165) is 0 Å². The molecule has 2 N–H and O–H groups in total. The Bertz CT molecular complexity index is 304. The zero-order chi connectivity index (χ0) is 10.0. The molecule has 0 aliphatic heterocycles. The first kappa shape index (κ1) is 10.7. The lowest BCUT2D eigenvalue weighted by Crippen LogP contribution is -2.19. The van der Waals surface area contributed by atoms with E-state index in [9.17, 15) is 8.78 Å². The van der Waals surface area contributed by atoms with E-state index in [4.69, 9.17) is 28.9 Å². The van der Waals surface area contributed by atoms with Crippen molar-refractivity contribution in [2.45, 2.75) is 12.5 Å². The van der Waals surface area contributed by atoms with Crippen LogP contribution in [0.3, 0.4) is 0 Å². The summed E-state index contributed by atoms with van der Waals surface area (Å²) in [6.07, 6.45) is -2.64. The number of hydrogen-bond donors (Lipinski definition) is 1. The fraction of sp³-hybridized carbons (Fsp3) is 0.250. The summed E-state index contributed by atoms with van der Waals surface area (Å²) in [7, 11) is 0. The van der Waals surface area contributed by atoms with E-state index in [0.29, 0.717) is 0 Å². The maximum Gasteiger partial charge on any atom is 0.257 e. The number of rotatable bonds is 2. The SMILES string of the molecule is N[C@H](c1cccc(Cl)c1Cl)C(F)F. The zero-order valence-corrected chi connectivity index (χ0v) is 7.99. The standard InChI is InChI=1S/C8H7Cl2F2N/c9-5-3-1-2-4(6(5)10)7(13)8(11)12/h1-3,7-8H,13H2/t7-/m1/s1. The molecule has 5 heteroatoms. The van der Waals surface area contributed by atoms with Crippen LogP contribution in [0.2, 0.25) is 10.0 Å². The molecule has 0 spiro atoms. The monoisotopic (exact) mass is 225 g/mol. The van der Waals surface area contributed by atoms with Crippen LogP contribution in [0.15, 0.2) is 18.2 Å². The molecule has 1 aromatic carbocycles. The lowest BCUT2D eigenvalue weighted by molar-refractivity contribution is 0.116. The molecule has 0 aliphatic rings. The number of hydrogen-bond acceptors (Lipinski definition) is 1. The van der Waals surface area contributed by atoms with Crippen molar-refractivity contribution in [3.63, 3.8) is 0 Å². The minimum Gasteiger partial charge on any atom is -0.319 e. The number of nitrogens with two attached hydrogens (primary N) is 1. The summed E-state index contributed by atoms with van der Waals surface area (Å²) in [5.41, 5.74) is 5.38. The Morgan fingerprint density at radius 3 is 2.38 bits per heavy atom. The third-order valence-electron chi connectivity index (χ3n) is 1.61. The molecule has 1 nitrogen and oxygen atoms in total. The van der Waals surface area contributed by atoms with Gasteiger partial charge in [-0.05, 0) is 11.6 Å². The van der Waals surface area contributed by atoms with Crippen molar-refractivity contribution in [3.05, 3.63) is 33.8 Å². The quantitative estimate of drug-likeness (QED) is 0.822. The molecule has 13 heavy (non-hydrogen) atoms. The summed E-state index contributed by atoms with van der Waals surface area (Å²) < 4.78 is 24.4. The van der Waals surface area contributed by atoms with Gasteiger partial charge in [0.1, 0.15) is 0 Å². The van der Waals surface area contributed by atoms with E-state index in [2.05, 4.69) is 0 Å². The van der Waals surface area contributed by atoms with Crippen molar-refractivity contribution in [3.8, 4) is 0 Å². The highest BCUT2D eigenvalue weighted by atomic mass is 35.5. The molecule has 1 atom stereocenters. The summed E-state index contributed by atoms with van der Waals surface area (Å²) >= 11 is 11.3. The van der Waals surface area contributed by atoms with Crippen LogP contribution < -0.4 is 5.73 Å². The Hall–Kier alpha value is -0.380. The highest BCUT2D eigenvalue weighted by Gasteiger charge is 2.20. The first-order valence-corrected chi connectivity index (χ1v) is 4.27. The second kappa shape index (κ2) is 4.22. The van der Waals surface area contributed by atoms with Crippen LogP contribution in [0.4, 0.5) is 8.78 Å². The van der Waals surface area contributed by atoms with E-state index in [1.54, 1.807) is 0 Å². The predicted octanol–water partition coefficient (Wildman–Crippen LogP) is 3.26. The first-order valence-electron chi connectivity index (χ1n) is 3.51. The molecular formula is C8H7Cl2F2N. The van der Waals surface area contributed by atoms with Crippen molar-refractivity contribution >= 4 is 23.2 Å². The van der Waals surface area contributed by atoms with Gasteiger partial charge < -0.3 is 5.73 Å². The minimum absolute atomic E-state index is 0.0944. The Balaban J connectivity index is 3.07. The van der Waals surface area contributed by atoms with Crippen LogP contribution in [0.5, 0.6) is 0 Å². The summed E-state index contributed by atoms with van der Waals surface area (Å²) in [4.78, 5) is 0. The van der Waals surface area contributed by atoms with Gasteiger partial charge in [-0.1, -0.05) is 35.3 Å². The number of alkyl halides is 2. The molecule has 0 heterocycles. The molecule has 72 valence electrons. The van der Waals surface area contributed by atoms with Crippen LogP contribution in [-0.2, 0) is 0 Å². The average molecular weight is 226 g/mol. The van der Waals surface area contributed by atoms with E-state index in [1.807, 2.05) is 0 Å². The Morgan fingerprint density at radius 1 is 1.23 bits per heavy atom. The van der Waals surface area contributed by atoms with Gasteiger partial charge in [0, 0.05) is 0 Å². The molecule has 0 fully saturated rings. The zero-order valence-electron chi connectivity index (χ0n) is 6.48. The largest absolute Gasteiger partial charge is 0.319 e. The highest BCUT2D eigenvalue weighted by Crippen LogP contribution is 2.31. The fourth-order valence-corrected chi connectivity index (χ4v) is 1.35. The number of halogens is 4. The maximum atomic E-state index is 12.2. The first-order chi connectivity index (χ1) is 6.04.